The molecule has 20 heavy (non-hydrogen) atoms. The van der Waals surface area contributed by atoms with Gasteiger partial charge in [-0.15, -0.1) is 0 Å². The third-order valence-corrected chi connectivity index (χ3v) is 3.47. The number of nitrogens with one attached hydrogen (secondary N) is 1. The van der Waals surface area contributed by atoms with Gasteiger partial charge in [0.15, 0.2) is 5.78 Å². The zero-order valence-electron chi connectivity index (χ0n) is 10.5. The highest BCUT2D eigenvalue weighted by Crippen LogP contribution is 2.22. The van der Waals surface area contributed by atoms with Crippen molar-refractivity contribution in [3.8, 4) is 0 Å². The fraction of sp³-hybridized carbons (Fsp3) is 0.0769. The van der Waals surface area contributed by atoms with Crippen molar-refractivity contribution in [1.82, 2.24) is 4.98 Å². The van der Waals surface area contributed by atoms with Crippen LogP contribution in [-0.4, -0.2) is 25.4 Å². The topological polar surface area (TPSA) is 76.1 Å². The van der Waals surface area contributed by atoms with Crippen molar-refractivity contribution in [2.45, 2.75) is 0 Å². The summed E-state index contributed by atoms with van der Waals surface area (Å²) >= 11 is 3.26. The van der Waals surface area contributed by atoms with Crippen molar-refractivity contribution in [1.29, 1.82) is 0 Å². The van der Waals surface area contributed by atoms with Gasteiger partial charge in [0.25, 0.3) is 0 Å². The molecule has 0 bridgehead atoms. The van der Waals surface area contributed by atoms with E-state index in [9.17, 15) is 13.2 Å². The van der Waals surface area contributed by atoms with Gasteiger partial charge in [-0.1, -0.05) is 15.9 Å². The first-order chi connectivity index (χ1) is 9.35. The van der Waals surface area contributed by atoms with Gasteiger partial charge in [-0.25, -0.2) is 8.42 Å². The van der Waals surface area contributed by atoms with E-state index in [0.717, 1.165) is 6.26 Å². The summed E-state index contributed by atoms with van der Waals surface area (Å²) in [4.78, 5) is 16.1. The Morgan fingerprint density at radius 1 is 1.15 bits per heavy atom. The highest BCUT2D eigenvalue weighted by atomic mass is 79.9. The van der Waals surface area contributed by atoms with Gasteiger partial charge in [0.1, 0.15) is 0 Å². The molecular weight excluding hydrogens is 344 g/mol. The lowest BCUT2D eigenvalue weighted by Gasteiger charge is -2.07. The number of hydrogen-bond acceptors (Lipinski definition) is 4. The Labute approximate surface area is 125 Å². The van der Waals surface area contributed by atoms with Crippen LogP contribution in [0.15, 0.2) is 47.2 Å². The molecule has 104 valence electrons. The first-order valence-corrected chi connectivity index (χ1v) is 8.27. The highest BCUT2D eigenvalue weighted by Gasteiger charge is 2.12. The quantitative estimate of drug-likeness (QED) is 0.855. The molecule has 0 aliphatic rings. The molecule has 0 aliphatic heterocycles. The maximum atomic E-state index is 12.3. The molecule has 2 rings (SSSR count). The minimum atomic E-state index is -3.39. The van der Waals surface area contributed by atoms with Crippen molar-refractivity contribution < 1.29 is 13.2 Å². The average Bonchev–Trinajstić information content (AvgIpc) is 2.36. The van der Waals surface area contributed by atoms with Gasteiger partial charge in [0, 0.05) is 28.0 Å². The van der Waals surface area contributed by atoms with Crippen LogP contribution >= 0.6 is 15.9 Å². The van der Waals surface area contributed by atoms with E-state index in [1.54, 1.807) is 24.3 Å². The number of rotatable bonds is 4. The first-order valence-electron chi connectivity index (χ1n) is 5.58. The van der Waals surface area contributed by atoms with Gasteiger partial charge in [-0.2, -0.15) is 0 Å². The molecule has 2 aromatic rings. The van der Waals surface area contributed by atoms with E-state index in [2.05, 4.69) is 25.6 Å². The van der Waals surface area contributed by atoms with E-state index in [4.69, 9.17) is 0 Å². The summed E-state index contributed by atoms with van der Waals surface area (Å²) in [5.74, 6) is -0.203. The number of anilines is 1. The van der Waals surface area contributed by atoms with Crippen molar-refractivity contribution in [3.63, 3.8) is 0 Å². The SMILES string of the molecule is CS(=O)(=O)Nc1cc(Br)cc(C(=O)c2ccncc2)c1. The number of hydrogen-bond donors (Lipinski definition) is 1. The van der Waals surface area contributed by atoms with Crippen LogP contribution < -0.4 is 4.72 Å². The number of carbonyl (C=O) groups is 1. The van der Waals surface area contributed by atoms with E-state index in [1.165, 1.54) is 18.5 Å². The number of halogens is 1. The lowest BCUT2D eigenvalue weighted by atomic mass is 10.0. The van der Waals surface area contributed by atoms with E-state index >= 15 is 0 Å². The largest absolute Gasteiger partial charge is 0.289 e. The molecule has 0 spiro atoms. The molecule has 1 aromatic heterocycles. The van der Waals surface area contributed by atoms with Crippen LogP contribution in [0, 0.1) is 0 Å². The van der Waals surface area contributed by atoms with Gasteiger partial charge in [0.2, 0.25) is 10.0 Å². The molecule has 0 saturated carbocycles. The van der Waals surface area contributed by atoms with Crippen LogP contribution in [-0.2, 0) is 10.0 Å². The normalized spacial score (nSPS) is 11.1. The molecule has 0 atom stereocenters. The number of aromatic nitrogens is 1. The number of carbonyl (C=O) groups excluding carboxylic acids is 1. The van der Waals surface area contributed by atoms with Crippen LogP contribution in [0.4, 0.5) is 5.69 Å². The van der Waals surface area contributed by atoms with E-state index < -0.39 is 10.0 Å². The second-order valence-corrected chi connectivity index (χ2v) is 6.83. The highest BCUT2D eigenvalue weighted by molar-refractivity contribution is 9.10. The lowest BCUT2D eigenvalue weighted by Crippen LogP contribution is -2.10. The van der Waals surface area contributed by atoms with Gasteiger partial charge in [0.05, 0.1) is 11.9 Å². The van der Waals surface area contributed by atoms with Crippen LogP contribution in [0.3, 0.4) is 0 Å². The molecule has 0 unspecified atom stereocenters. The van der Waals surface area contributed by atoms with Crippen LogP contribution in [0.2, 0.25) is 0 Å². The van der Waals surface area contributed by atoms with E-state index in [0.29, 0.717) is 21.3 Å². The van der Waals surface area contributed by atoms with Crippen molar-refractivity contribution in [2.24, 2.45) is 0 Å². The molecule has 0 fully saturated rings. The second-order valence-electron chi connectivity index (χ2n) is 4.17. The van der Waals surface area contributed by atoms with E-state index in [1.807, 2.05) is 0 Å². The van der Waals surface area contributed by atoms with E-state index in [-0.39, 0.29) is 5.78 Å². The third-order valence-electron chi connectivity index (χ3n) is 2.41. The number of pyridine rings is 1. The van der Waals surface area contributed by atoms with Crippen LogP contribution in [0.5, 0.6) is 0 Å². The first kappa shape index (κ1) is 14.7. The van der Waals surface area contributed by atoms with Crippen molar-refractivity contribution >= 4 is 37.4 Å². The maximum absolute atomic E-state index is 12.3. The Hall–Kier alpha value is -1.73. The summed E-state index contributed by atoms with van der Waals surface area (Å²) in [7, 11) is -3.39. The number of benzene rings is 1. The molecule has 0 amide bonds. The maximum Gasteiger partial charge on any atom is 0.229 e. The fourth-order valence-corrected chi connectivity index (χ4v) is 2.70. The Bertz CT molecular complexity index is 745. The van der Waals surface area contributed by atoms with Crippen molar-refractivity contribution in [3.05, 3.63) is 58.3 Å². The molecule has 1 aromatic carbocycles. The summed E-state index contributed by atoms with van der Waals surface area (Å²) in [5, 5.41) is 0. The molecule has 0 radical (unpaired) electrons. The van der Waals surface area contributed by atoms with Gasteiger partial charge >= 0.3 is 0 Å². The van der Waals surface area contributed by atoms with Crippen molar-refractivity contribution in [2.75, 3.05) is 11.0 Å². The molecule has 1 heterocycles. The molecule has 1 N–H and O–H groups in total. The van der Waals surface area contributed by atoms with Gasteiger partial charge < -0.3 is 0 Å². The minimum Gasteiger partial charge on any atom is -0.289 e. The van der Waals surface area contributed by atoms with Gasteiger partial charge in [-0.05, 0) is 30.3 Å². The Morgan fingerprint density at radius 3 is 2.40 bits per heavy atom. The Balaban J connectivity index is 2.40. The Morgan fingerprint density at radius 2 is 1.80 bits per heavy atom. The van der Waals surface area contributed by atoms with Crippen LogP contribution in [0.1, 0.15) is 15.9 Å². The summed E-state index contributed by atoms with van der Waals surface area (Å²) in [6.45, 7) is 0. The summed E-state index contributed by atoms with van der Waals surface area (Å²) in [5.41, 5.74) is 1.21. The molecule has 0 aliphatic carbocycles. The number of nitrogens with zero attached hydrogens (tertiary/aromatic N) is 1. The third kappa shape index (κ3) is 3.88. The zero-order chi connectivity index (χ0) is 14.8. The fourth-order valence-electron chi connectivity index (χ4n) is 1.66. The summed E-state index contributed by atoms with van der Waals surface area (Å²) < 4.78 is 25.4. The smallest absolute Gasteiger partial charge is 0.229 e. The number of ketones is 1. The second kappa shape index (κ2) is 5.72. The zero-order valence-corrected chi connectivity index (χ0v) is 12.9. The predicted octanol–water partition coefficient (Wildman–Crippen LogP) is 2.45. The Kier molecular flexibility index (Phi) is 4.20. The lowest BCUT2D eigenvalue weighted by molar-refractivity contribution is 0.103. The monoisotopic (exact) mass is 354 g/mol. The standard InChI is InChI=1S/C13H11BrN2O3S/c1-20(18,19)16-12-7-10(6-11(14)8-12)13(17)9-2-4-15-5-3-9/h2-8,16H,1H3. The molecule has 5 nitrogen and oxygen atoms in total. The summed E-state index contributed by atoms with van der Waals surface area (Å²) in [6.07, 6.45) is 4.11. The van der Waals surface area contributed by atoms with Gasteiger partial charge in [-0.3, -0.25) is 14.5 Å². The minimum absolute atomic E-state index is 0.203. The molecular formula is C13H11BrN2O3S. The number of sulfonamides is 1. The summed E-state index contributed by atoms with van der Waals surface area (Å²) in [6, 6.07) is 7.93. The average molecular weight is 355 g/mol. The molecule has 7 heteroatoms. The predicted molar refractivity (Wildman–Crippen MR) is 80.3 cm³/mol. The van der Waals surface area contributed by atoms with Crippen LogP contribution in [0.25, 0.3) is 0 Å². The molecule has 0 saturated heterocycles.